The monoisotopic (exact) mass is 700 g/mol. The molecule has 0 aliphatic heterocycles. The van der Waals surface area contributed by atoms with Crippen molar-refractivity contribution in [3.63, 3.8) is 0 Å². The molecule has 7 heteroatoms. The maximum Gasteiger partial charge on any atom is 0.116 e. The summed E-state index contributed by atoms with van der Waals surface area (Å²) in [7, 11) is 0. The minimum Gasteiger partial charge on any atom is -0.249 e. The van der Waals surface area contributed by atoms with Gasteiger partial charge in [-0.25, -0.2) is 9.97 Å². The molecule has 4 nitrogen and oxygen atoms in total. The Hall–Kier alpha value is -3.78. The van der Waals surface area contributed by atoms with E-state index in [9.17, 15) is 0 Å². The molecular weight excluding hydrogens is 657 g/mol. The predicted molar refractivity (Wildman–Crippen MR) is 213 cm³/mol. The molecule has 0 saturated heterocycles. The first-order valence-corrected chi connectivity index (χ1v) is 20.0. The molecule has 250 valence electrons. The van der Waals surface area contributed by atoms with E-state index in [0.717, 1.165) is 79.0 Å². The van der Waals surface area contributed by atoms with Crippen LogP contribution in [0, 0.1) is 25.7 Å². The van der Waals surface area contributed by atoms with Crippen LogP contribution in [-0.4, -0.2) is 18.7 Å². The fourth-order valence-corrected chi connectivity index (χ4v) is 9.00. The Kier molecular flexibility index (Phi) is 10.0. The lowest BCUT2D eigenvalue weighted by atomic mass is 9.98. The van der Waals surface area contributed by atoms with Crippen LogP contribution in [0.1, 0.15) is 75.9 Å². The summed E-state index contributed by atoms with van der Waals surface area (Å²) in [4.78, 5) is 15.2. The van der Waals surface area contributed by atoms with Crippen LogP contribution in [0.3, 0.4) is 0 Å². The topological polar surface area (TPSA) is 51.6 Å². The highest BCUT2D eigenvalue weighted by molar-refractivity contribution is 7.19. The third kappa shape index (κ3) is 6.99. The molecule has 0 saturated carbocycles. The van der Waals surface area contributed by atoms with Crippen molar-refractivity contribution < 1.29 is 0 Å². The molecule has 7 aromatic rings. The molecule has 7 rings (SSSR count). The van der Waals surface area contributed by atoms with Crippen LogP contribution in [0.25, 0.3) is 63.8 Å². The average molecular weight is 701 g/mol. The Morgan fingerprint density at radius 1 is 0.510 bits per heavy atom. The molecule has 0 amide bonds. The third-order valence-corrected chi connectivity index (χ3v) is 13.0. The van der Waals surface area contributed by atoms with E-state index < -0.39 is 0 Å². The van der Waals surface area contributed by atoms with Gasteiger partial charge in [-0.15, -0.1) is 22.7 Å². The number of thiophene rings is 2. The summed E-state index contributed by atoms with van der Waals surface area (Å²) in [6.07, 6.45) is 7.20. The van der Waals surface area contributed by atoms with Gasteiger partial charge in [0.05, 0.1) is 23.1 Å². The van der Waals surface area contributed by atoms with E-state index in [4.69, 9.17) is 18.7 Å². The first kappa shape index (κ1) is 33.7. The van der Waals surface area contributed by atoms with Crippen molar-refractivity contribution in [1.29, 1.82) is 0 Å². The molecule has 0 N–H and O–H groups in total. The summed E-state index contributed by atoms with van der Waals surface area (Å²) in [6.45, 7) is 13.3. The van der Waals surface area contributed by atoms with Crippen molar-refractivity contribution in [3.05, 3.63) is 95.3 Å². The quantitative estimate of drug-likeness (QED) is 0.127. The first-order valence-electron chi connectivity index (χ1n) is 17.6. The third-order valence-electron chi connectivity index (χ3n) is 10.2. The maximum atomic E-state index is 5.20. The van der Waals surface area contributed by atoms with E-state index in [1.165, 1.54) is 69.4 Å². The standard InChI is InChI=1S/C42H44N4S3/c1-7-25(3)9-11-29-13-17-31(18-14-29)33-21-23-35(47-33)37-39-40(44-28(6)27(5)43-39)38(42-41(37)45-49-46-42)36-24-22-34(48-36)32-19-15-30(16-20-32)12-10-26(4)8-2/h13-26H,7-12H2,1-6H3. The minimum absolute atomic E-state index is 0.761. The van der Waals surface area contributed by atoms with E-state index in [-0.39, 0.29) is 0 Å². The molecule has 2 unspecified atom stereocenters. The number of hydrogen-bond donors (Lipinski definition) is 0. The van der Waals surface area contributed by atoms with E-state index in [0.29, 0.717) is 0 Å². The zero-order valence-corrected chi connectivity index (χ0v) is 31.8. The van der Waals surface area contributed by atoms with Gasteiger partial charge < -0.3 is 0 Å². The summed E-state index contributed by atoms with van der Waals surface area (Å²) < 4.78 is 9.81. The highest BCUT2D eigenvalue weighted by atomic mass is 32.1. The van der Waals surface area contributed by atoms with Crippen LogP contribution in [0.2, 0.25) is 0 Å². The summed E-state index contributed by atoms with van der Waals surface area (Å²) >= 11 is 4.85. The van der Waals surface area contributed by atoms with Crippen molar-refractivity contribution in [2.24, 2.45) is 11.8 Å². The van der Waals surface area contributed by atoms with E-state index >= 15 is 0 Å². The molecule has 3 aromatic carbocycles. The smallest absolute Gasteiger partial charge is 0.116 e. The number of fused-ring (bicyclic) bond motifs is 2. The molecule has 4 heterocycles. The van der Waals surface area contributed by atoms with Gasteiger partial charge >= 0.3 is 0 Å². The van der Waals surface area contributed by atoms with Crippen molar-refractivity contribution in [3.8, 4) is 41.8 Å². The van der Waals surface area contributed by atoms with Crippen LogP contribution in [-0.2, 0) is 12.8 Å². The SMILES string of the molecule is CCC(C)CCc1ccc(-c2ccc(-c3c4nsnc4c(-c4ccc(-c5ccc(CCC(C)CC)cc5)s4)c4nc(C)c(C)nc34)s2)cc1. The second-order valence-electron chi connectivity index (χ2n) is 13.6. The Bertz CT molecular complexity index is 2050. The number of benzene rings is 3. The fraction of sp³-hybridized carbons (Fsp3) is 0.333. The largest absolute Gasteiger partial charge is 0.249 e. The molecule has 0 radical (unpaired) electrons. The van der Waals surface area contributed by atoms with Crippen LogP contribution in [0.5, 0.6) is 0 Å². The first-order chi connectivity index (χ1) is 23.8. The van der Waals surface area contributed by atoms with Crippen molar-refractivity contribution in [1.82, 2.24) is 18.7 Å². The van der Waals surface area contributed by atoms with Crippen LogP contribution in [0.4, 0.5) is 0 Å². The minimum atomic E-state index is 0.761. The molecule has 0 fully saturated rings. The number of aryl methyl sites for hydroxylation is 4. The summed E-state index contributed by atoms with van der Waals surface area (Å²) in [5, 5.41) is 0. The normalized spacial score (nSPS) is 13.0. The van der Waals surface area contributed by atoms with Crippen molar-refractivity contribution >= 4 is 56.5 Å². The number of aromatic nitrogens is 4. The van der Waals surface area contributed by atoms with Crippen LogP contribution in [0.15, 0.2) is 72.8 Å². The molecule has 2 atom stereocenters. The van der Waals surface area contributed by atoms with Gasteiger partial charge in [0, 0.05) is 30.6 Å². The summed E-state index contributed by atoms with van der Waals surface area (Å²) in [5.41, 5.74) is 12.8. The zero-order valence-electron chi connectivity index (χ0n) is 29.3. The van der Waals surface area contributed by atoms with Gasteiger partial charge in [-0.2, -0.15) is 8.75 Å². The Morgan fingerprint density at radius 2 is 0.898 bits per heavy atom. The lowest BCUT2D eigenvalue weighted by molar-refractivity contribution is 0.516. The molecule has 0 spiro atoms. The lowest BCUT2D eigenvalue weighted by Crippen LogP contribution is -1.98. The second kappa shape index (κ2) is 14.6. The molecule has 0 bridgehead atoms. The Balaban J connectivity index is 1.26. The molecular formula is C42H44N4S3. The van der Waals surface area contributed by atoms with E-state index in [1.807, 2.05) is 13.8 Å². The Morgan fingerprint density at radius 3 is 1.29 bits per heavy atom. The van der Waals surface area contributed by atoms with Gasteiger partial charge in [0.1, 0.15) is 22.1 Å². The number of hydrogen-bond acceptors (Lipinski definition) is 7. The van der Waals surface area contributed by atoms with Crippen molar-refractivity contribution in [2.45, 2.75) is 80.1 Å². The summed E-state index contributed by atoms with van der Waals surface area (Å²) in [6, 6.07) is 27.1. The second-order valence-corrected chi connectivity index (χ2v) is 16.3. The van der Waals surface area contributed by atoms with E-state index in [1.54, 1.807) is 22.7 Å². The van der Waals surface area contributed by atoms with E-state index in [2.05, 4.69) is 100 Å². The average Bonchev–Trinajstić information content (AvgIpc) is 3.92. The highest BCUT2D eigenvalue weighted by Crippen LogP contribution is 2.47. The van der Waals surface area contributed by atoms with Gasteiger partial charge in [0.2, 0.25) is 0 Å². The van der Waals surface area contributed by atoms with Gasteiger partial charge in [-0.05, 0) is 97.9 Å². The molecule has 4 aromatic heterocycles. The number of rotatable bonds is 12. The van der Waals surface area contributed by atoms with Crippen LogP contribution < -0.4 is 0 Å². The molecule has 49 heavy (non-hydrogen) atoms. The van der Waals surface area contributed by atoms with Crippen LogP contribution >= 0.6 is 34.4 Å². The molecule has 0 aliphatic rings. The van der Waals surface area contributed by atoms with Gasteiger partial charge in [-0.1, -0.05) is 89.1 Å². The van der Waals surface area contributed by atoms with Gasteiger partial charge in [-0.3, -0.25) is 0 Å². The summed E-state index contributed by atoms with van der Waals surface area (Å²) in [5.74, 6) is 1.52. The van der Waals surface area contributed by atoms with Gasteiger partial charge in [0.15, 0.2) is 0 Å². The fourth-order valence-electron chi connectivity index (χ4n) is 6.32. The van der Waals surface area contributed by atoms with Crippen molar-refractivity contribution in [2.75, 3.05) is 0 Å². The predicted octanol–water partition coefficient (Wildman–Crippen LogP) is 13.0. The maximum absolute atomic E-state index is 5.20. The zero-order chi connectivity index (χ0) is 34.1. The highest BCUT2D eigenvalue weighted by Gasteiger charge is 2.25. The Labute approximate surface area is 302 Å². The lowest BCUT2D eigenvalue weighted by Gasteiger charge is -2.12. The number of nitrogens with zero attached hydrogens (tertiary/aromatic N) is 4. The molecule has 0 aliphatic carbocycles. The van der Waals surface area contributed by atoms with Gasteiger partial charge in [0.25, 0.3) is 0 Å².